The highest BCUT2D eigenvalue weighted by Gasteiger charge is 2.32. The number of piperidine rings is 1. The standard InChI is InChI=1S/C15H19F4N5O.2ClH/c1-9-3-2-6-24(8-9)14(21)23-13(20)22-10-4-5-12(11(16)7-10)25-15(17,18)19;;/h4-5,7,9H,2-3,6,8H2,1H3,(H4,20,21,22,23);2*1H. The van der Waals surface area contributed by atoms with Gasteiger partial charge in [-0.15, -0.1) is 38.0 Å². The summed E-state index contributed by atoms with van der Waals surface area (Å²) in [4.78, 5) is 9.66. The zero-order valence-corrected chi connectivity index (χ0v) is 16.0. The molecule has 0 radical (unpaired) electrons. The first-order valence-electron chi connectivity index (χ1n) is 7.62. The second-order valence-electron chi connectivity index (χ2n) is 5.80. The molecule has 154 valence electrons. The van der Waals surface area contributed by atoms with E-state index in [1.807, 2.05) is 4.90 Å². The number of likely N-dealkylation sites (tertiary alicyclic amines) is 1. The lowest BCUT2D eigenvalue weighted by molar-refractivity contribution is -0.275. The smallest absolute Gasteiger partial charge is 0.403 e. The number of rotatable bonds is 2. The van der Waals surface area contributed by atoms with Crippen LogP contribution in [0.5, 0.6) is 5.75 Å². The van der Waals surface area contributed by atoms with E-state index in [-0.39, 0.29) is 42.4 Å². The van der Waals surface area contributed by atoms with Crippen molar-refractivity contribution < 1.29 is 22.3 Å². The van der Waals surface area contributed by atoms with Crippen molar-refractivity contribution in [1.29, 1.82) is 0 Å². The fourth-order valence-electron chi connectivity index (χ4n) is 2.51. The monoisotopic (exact) mass is 433 g/mol. The lowest BCUT2D eigenvalue weighted by atomic mass is 10.0. The number of benzene rings is 1. The summed E-state index contributed by atoms with van der Waals surface area (Å²) in [5.74, 6) is -1.70. The summed E-state index contributed by atoms with van der Waals surface area (Å²) in [6.07, 6.45) is -2.88. The molecule has 1 aromatic rings. The molecule has 0 aromatic heterocycles. The van der Waals surface area contributed by atoms with Gasteiger partial charge in [-0.1, -0.05) is 6.92 Å². The Kier molecular flexibility index (Phi) is 9.66. The molecular formula is C15H21Cl2F4N5O. The van der Waals surface area contributed by atoms with Crippen LogP contribution in [-0.2, 0) is 0 Å². The van der Waals surface area contributed by atoms with Crippen molar-refractivity contribution in [3.63, 3.8) is 0 Å². The van der Waals surface area contributed by atoms with Crippen molar-refractivity contribution in [2.45, 2.75) is 26.1 Å². The molecule has 0 amide bonds. The van der Waals surface area contributed by atoms with Gasteiger partial charge >= 0.3 is 6.36 Å². The van der Waals surface area contributed by atoms with Gasteiger partial charge in [0.05, 0.1) is 5.69 Å². The highest BCUT2D eigenvalue weighted by atomic mass is 35.5. The van der Waals surface area contributed by atoms with Crippen molar-refractivity contribution in [2.24, 2.45) is 27.4 Å². The molecule has 0 spiro atoms. The van der Waals surface area contributed by atoms with Crippen LogP contribution >= 0.6 is 24.8 Å². The van der Waals surface area contributed by atoms with Gasteiger partial charge in [0, 0.05) is 19.2 Å². The van der Waals surface area contributed by atoms with Gasteiger partial charge in [0.2, 0.25) is 5.96 Å². The maximum Gasteiger partial charge on any atom is 0.573 e. The second kappa shape index (κ2) is 10.4. The Hall–Kier alpha value is -1.94. The summed E-state index contributed by atoms with van der Waals surface area (Å²) >= 11 is 0. The number of nitrogens with zero attached hydrogens (tertiary/aromatic N) is 3. The van der Waals surface area contributed by atoms with Crippen LogP contribution < -0.4 is 16.2 Å². The topological polar surface area (TPSA) is 89.2 Å². The Morgan fingerprint density at radius 2 is 1.93 bits per heavy atom. The highest BCUT2D eigenvalue weighted by Crippen LogP contribution is 2.28. The van der Waals surface area contributed by atoms with Gasteiger partial charge in [0.25, 0.3) is 0 Å². The van der Waals surface area contributed by atoms with E-state index in [1.54, 1.807) is 0 Å². The summed E-state index contributed by atoms with van der Waals surface area (Å²) in [5, 5.41) is 0. The molecule has 6 nitrogen and oxygen atoms in total. The molecule has 4 N–H and O–H groups in total. The van der Waals surface area contributed by atoms with Crippen LogP contribution in [0, 0.1) is 11.7 Å². The number of aliphatic imine (C=N–C) groups is 2. The average molecular weight is 434 g/mol. The maximum atomic E-state index is 13.6. The molecule has 12 heteroatoms. The number of hydrogen-bond donors (Lipinski definition) is 2. The number of alkyl halides is 3. The van der Waals surface area contributed by atoms with Crippen molar-refractivity contribution in [3.05, 3.63) is 24.0 Å². The third-order valence-corrected chi connectivity index (χ3v) is 3.59. The van der Waals surface area contributed by atoms with Crippen LogP contribution in [0.1, 0.15) is 19.8 Å². The molecule has 1 atom stereocenters. The van der Waals surface area contributed by atoms with Gasteiger partial charge < -0.3 is 21.1 Å². The van der Waals surface area contributed by atoms with E-state index in [4.69, 9.17) is 11.5 Å². The van der Waals surface area contributed by atoms with Gasteiger partial charge in [-0.25, -0.2) is 9.38 Å². The first-order chi connectivity index (χ1) is 11.6. The third-order valence-electron chi connectivity index (χ3n) is 3.59. The zero-order valence-electron chi connectivity index (χ0n) is 14.4. The Balaban J connectivity index is 0.00000338. The van der Waals surface area contributed by atoms with Crippen LogP contribution in [-0.4, -0.2) is 36.3 Å². The van der Waals surface area contributed by atoms with Gasteiger partial charge in [-0.3, -0.25) is 0 Å². The molecule has 1 aliphatic heterocycles. The molecular weight excluding hydrogens is 413 g/mol. The Morgan fingerprint density at radius 3 is 2.48 bits per heavy atom. The van der Waals surface area contributed by atoms with Gasteiger partial charge in [0.15, 0.2) is 17.5 Å². The minimum Gasteiger partial charge on any atom is -0.403 e. The van der Waals surface area contributed by atoms with E-state index in [2.05, 4.69) is 21.6 Å². The van der Waals surface area contributed by atoms with E-state index < -0.39 is 17.9 Å². The fourth-order valence-corrected chi connectivity index (χ4v) is 2.51. The van der Waals surface area contributed by atoms with Gasteiger partial charge in [-0.05, 0) is 30.9 Å². The van der Waals surface area contributed by atoms with Crippen molar-refractivity contribution >= 4 is 42.4 Å². The van der Waals surface area contributed by atoms with Gasteiger partial charge in [-0.2, -0.15) is 4.99 Å². The molecule has 1 heterocycles. The molecule has 27 heavy (non-hydrogen) atoms. The highest BCUT2D eigenvalue weighted by molar-refractivity contribution is 5.94. The predicted molar refractivity (Wildman–Crippen MR) is 100 cm³/mol. The Labute approximate surface area is 166 Å². The summed E-state index contributed by atoms with van der Waals surface area (Å²) in [6, 6.07) is 2.71. The lowest BCUT2D eigenvalue weighted by Gasteiger charge is -2.31. The molecule has 1 fully saturated rings. The number of guanidine groups is 2. The van der Waals surface area contributed by atoms with E-state index in [1.165, 1.54) is 0 Å². The number of nitrogens with two attached hydrogens (primary N) is 2. The summed E-state index contributed by atoms with van der Waals surface area (Å²) in [5.41, 5.74) is 11.5. The largest absolute Gasteiger partial charge is 0.573 e. The number of hydrogen-bond acceptors (Lipinski definition) is 2. The molecule has 0 bridgehead atoms. The first-order valence-corrected chi connectivity index (χ1v) is 7.62. The Bertz CT molecular complexity index is 685. The van der Waals surface area contributed by atoms with Crippen LogP contribution in [0.3, 0.4) is 0 Å². The molecule has 0 aliphatic carbocycles. The summed E-state index contributed by atoms with van der Waals surface area (Å²) < 4.78 is 53.5. The van der Waals surface area contributed by atoms with E-state index >= 15 is 0 Å². The second-order valence-corrected chi connectivity index (χ2v) is 5.80. The van der Waals surface area contributed by atoms with E-state index in [9.17, 15) is 17.6 Å². The van der Waals surface area contributed by atoms with E-state index in [0.717, 1.165) is 44.1 Å². The minimum atomic E-state index is -4.98. The molecule has 0 saturated carbocycles. The van der Waals surface area contributed by atoms with E-state index in [0.29, 0.717) is 5.92 Å². The summed E-state index contributed by atoms with van der Waals surface area (Å²) in [7, 11) is 0. The number of ether oxygens (including phenoxy) is 1. The molecule has 2 rings (SSSR count). The van der Waals surface area contributed by atoms with Crippen molar-refractivity contribution in [3.8, 4) is 5.75 Å². The van der Waals surface area contributed by atoms with Crippen molar-refractivity contribution in [1.82, 2.24) is 4.90 Å². The zero-order chi connectivity index (χ0) is 18.6. The first kappa shape index (κ1) is 25.1. The minimum absolute atomic E-state index is 0. The maximum absolute atomic E-state index is 13.6. The lowest BCUT2D eigenvalue weighted by Crippen LogP contribution is -2.44. The quantitative estimate of drug-likeness (QED) is 0.423. The van der Waals surface area contributed by atoms with Crippen LogP contribution in [0.4, 0.5) is 23.2 Å². The molecule has 1 aromatic carbocycles. The van der Waals surface area contributed by atoms with Crippen LogP contribution in [0.25, 0.3) is 0 Å². The third kappa shape index (κ3) is 8.08. The normalized spacial score (nSPS) is 18.4. The average Bonchev–Trinajstić information content (AvgIpc) is 2.48. The molecule has 1 aliphatic rings. The predicted octanol–water partition coefficient (Wildman–Crippen LogP) is 3.56. The fraction of sp³-hybridized carbons (Fsp3) is 0.467. The van der Waals surface area contributed by atoms with Gasteiger partial charge in [0.1, 0.15) is 0 Å². The molecule has 1 unspecified atom stereocenters. The van der Waals surface area contributed by atoms with Crippen molar-refractivity contribution in [2.75, 3.05) is 13.1 Å². The number of halogens is 6. The summed E-state index contributed by atoms with van der Waals surface area (Å²) in [6.45, 7) is 3.61. The molecule has 1 saturated heterocycles. The van der Waals surface area contributed by atoms with Crippen LogP contribution in [0.15, 0.2) is 28.2 Å². The Morgan fingerprint density at radius 1 is 1.26 bits per heavy atom. The van der Waals surface area contributed by atoms with Crippen LogP contribution in [0.2, 0.25) is 0 Å². The SMILES string of the molecule is CC1CCCN(/C(N)=N\C(N)=Nc2ccc(OC(F)(F)F)c(F)c2)C1.Cl.Cl.